The molecule has 6 aromatic rings. The number of nitrogens with one attached hydrogen (secondary N) is 2. The van der Waals surface area contributed by atoms with Crippen LogP contribution in [0.3, 0.4) is 0 Å². The Bertz CT molecular complexity index is 2320. The van der Waals surface area contributed by atoms with Crippen molar-refractivity contribution in [1.29, 1.82) is 0 Å². The quantitative estimate of drug-likeness (QED) is 0.0936. The third-order valence-corrected chi connectivity index (χ3v) is 8.54. The minimum absolute atomic E-state index is 0.158. The summed E-state index contributed by atoms with van der Waals surface area (Å²) in [5.41, 5.74) is 19.3. The lowest BCUT2D eigenvalue weighted by Crippen LogP contribution is -2.13. The SMILES string of the molecule is COC(=O)COc1ccc(-c2cc(C(=O)Nc3ccncc3)ccc2CN)cc1.COC(=O)COc1cccc(-c2cc(C(=O)Nc3ccncc3)ccc2CN)c1. The average Bonchev–Trinajstić information content (AvgIpc) is 3.28. The summed E-state index contributed by atoms with van der Waals surface area (Å²) in [6.45, 7) is 0.309. The molecule has 0 aliphatic rings. The summed E-state index contributed by atoms with van der Waals surface area (Å²) >= 11 is 0. The maximum absolute atomic E-state index is 12.6. The first-order valence-electron chi connectivity index (χ1n) is 17.9. The van der Waals surface area contributed by atoms with E-state index in [9.17, 15) is 19.2 Å². The molecule has 2 aromatic heterocycles. The van der Waals surface area contributed by atoms with E-state index < -0.39 is 11.9 Å². The molecule has 6 N–H and O–H groups in total. The van der Waals surface area contributed by atoms with Crippen molar-refractivity contribution in [1.82, 2.24) is 9.97 Å². The van der Waals surface area contributed by atoms with E-state index >= 15 is 0 Å². The van der Waals surface area contributed by atoms with Crippen LogP contribution in [0.25, 0.3) is 22.3 Å². The Kier molecular flexibility index (Phi) is 15.1. The van der Waals surface area contributed by atoms with Crippen LogP contribution in [0.2, 0.25) is 0 Å². The number of carbonyl (C=O) groups is 4. The summed E-state index contributed by atoms with van der Waals surface area (Å²) in [6, 6.07) is 32.1. The number of amides is 2. The van der Waals surface area contributed by atoms with Crippen molar-refractivity contribution in [3.05, 3.63) is 156 Å². The molecule has 0 aliphatic carbocycles. The van der Waals surface area contributed by atoms with Gasteiger partial charge in [-0.1, -0.05) is 36.4 Å². The maximum Gasteiger partial charge on any atom is 0.343 e. The van der Waals surface area contributed by atoms with E-state index in [1.165, 1.54) is 14.2 Å². The smallest absolute Gasteiger partial charge is 0.343 e. The molecule has 6 rings (SSSR count). The highest BCUT2D eigenvalue weighted by Gasteiger charge is 2.14. The summed E-state index contributed by atoms with van der Waals surface area (Å²) in [5, 5.41) is 5.68. The van der Waals surface area contributed by atoms with E-state index in [1.54, 1.807) is 91.5 Å². The number of nitrogens with two attached hydrogens (primary N) is 2. The van der Waals surface area contributed by atoms with Crippen molar-refractivity contribution in [2.24, 2.45) is 11.5 Å². The molecule has 0 radical (unpaired) electrons. The second-order valence-electron chi connectivity index (χ2n) is 12.3. The number of ether oxygens (including phenoxy) is 4. The van der Waals surface area contributed by atoms with Crippen LogP contribution in [0.1, 0.15) is 31.8 Å². The van der Waals surface area contributed by atoms with Gasteiger partial charge in [0.15, 0.2) is 13.2 Å². The van der Waals surface area contributed by atoms with E-state index in [0.717, 1.165) is 33.4 Å². The van der Waals surface area contributed by atoms with Crippen LogP contribution in [-0.4, -0.2) is 61.2 Å². The van der Waals surface area contributed by atoms with E-state index in [1.807, 2.05) is 42.5 Å². The van der Waals surface area contributed by atoms with Crippen molar-refractivity contribution >= 4 is 35.1 Å². The highest BCUT2D eigenvalue weighted by Crippen LogP contribution is 2.30. The molecule has 0 fully saturated rings. The van der Waals surface area contributed by atoms with Gasteiger partial charge in [0.2, 0.25) is 0 Å². The fourth-order valence-electron chi connectivity index (χ4n) is 5.49. The number of hydrogen-bond acceptors (Lipinski definition) is 12. The molecule has 0 bridgehead atoms. The summed E-state index contributed by atoms with van der Waals surface area (Å²) in [5.74, 6) is -0.319. The molecule has 0 unspecified atom stereocenters. The first-order valence-corrected chi connectivity index (χ1v) is 17.9. The Morgan fingerprint density at radius 2 is 1.00 bits per heavy atom. The number of carbonyl (C=O) groups excluding carboxylic acids is 4. The van der Waals surface area contributed by atoms with Crippen LogP contribution in [0.4, 0.5) is 11.4 Å². The van der Waals surface area contributed by atoms with Crippen LogP contribution < -0.4 is 31.6 Å². The van der Waals surface area contributed by atoms with E-state index in [4.69, 9.17) is 20.9 Å². The van der Waals surface area contributed by atoms with Crippen LogP contribution in [-0.2, 0) is 32.2 Å². The van der Waals surface area contributed by atoms with Gasteiger partial charge in [0.1, 0.15) is 11.5 Å². The molecule has 0 saturated carbocycles. The largest absolute Gasteiger partial charge is 0.482 e. The Morgan fingerprint density at radius 3 is 1.47 bits per heavy atom. The van der Waals surface area contributed by atoms with Gasteiger partial charge in [0.25, 0.3) is 11.8 Å². The number of aromatic nitrogens is 2. The number of nitrogens with zero attached hydrogens (tertiary/aromatic N) is 2. The van der Waals surface area contributed by atoms with Crippen molar-refractivity contribution in [2.45, 2.75) is 13.1 Å². The van der Waals surface area contributed by atoms with Crippen LogP contribution in [0.5, 0.6) is 11.5 Å². The van der Waals surface area contributed by atoms with Gasteiger partial charge in [-0.15, -0.1) is 0 Å². The number of benzene rings is 4. The Labute approximate surface area is 335 Å². The molecule has 296 valence electrons. The summed E-state index contributed by atoms with van der Waals surface area (Å²) in [7, 11) is 2.61. The Balaban J connectivity index is 0.000000221. The van der Waals surface area contributed by atoms with Crippen molar-refractivity contribution in [2.75, 3.05) is 38.1 Å². The molecule has 0 aliphatic heterocycles. The van der Waals surface area contributed by atoms with Crippen molar-refractivity contribution < 1.29 is 38.1 Å². The molecule has 14 heteroatoms. The zero-order valence-corrected chi connectivity index (χ0v) is 31.8. The second-order valence-corrected chi connectivity index (χ2v) is 12.3. The highest BCUT2D eigenvalue weighted by molar-refractivity contribution is 6.06. The molecular weight excluding hydrogens is 741 g/mol. The van der Waals surface area contributed by atoms with E-state index in [0.29, 0.717) is 47.1 Å². The number of rotatable bonds is 14. The third-order valence-electron chi connectivity index (χ3n) is 8.54. The fourth-order valence-corrected chi connectivity index (χ4v) is 5.49. The van der Waals surface area contributed by atoms with Gasteiger partial charge in [0, 0.05) is 60.4 Å². The van der Waals surface area contributed by atoms with Gasteiger partial charge in [-0.05, 0) is 106 Å². The fraction of sp³-hybridized carbons (Fsp3) is 0.136. The van der Waals surface area contributed by atoms with Crippen LogP contribution in [0.15, 0.2) is 134 Å². The monoisotopic (exact) mass is 782 g/mol. The summed E-state index contributed by atoms with van der Waals surface area (Å²) in [6.07, 6.45) is 6.45. The van der Waals surface area contributed by atoms with Gasteiger partial charge < -0.3 is 41.0 Å². The normalized spacial score (nSPS) is 10.3. The lowest BCUT2D eigenvalue weighted by Gasteiger charge is -2.13. The molecule has 2 heterocycles. The van der Waals surface area contributed by atoms with Crippen LogP contribution >= 0.6 is 0 Å². The third kappa shape index (κ3) is 11.8. The van der Waals surface area contributed by atoms with Gasteiger partial charge in [-0.25, -0.2) is 9.59 Å². The number of esters is 2. The lowest BCUT2D eigenvalue weighted by molar-refractivity contribution is -0.143. The minimum atomic E-state index is -0.465. The molecule has 4 aromatic carbocycles. The summed E-state index contributed by atoms with van der Waals surface area (Å²) in [4.78, 5) is 55.6. The molecule has 2 amide bonds. The maximum atomic E-state index is 12.6. The molecule has 0 spiro atoms. The van der Waals surface area contributed by atoms with Gasteiger partial charge in [0.05, 0.1) is 14.2 Å². The predicted molar refractivity (Wildman–Crippen MR) is 219 cm³/mol. The standard InChI is InChI=1S/2C22H21N3O4/c1-28-21(26)14-29-19-6-4-15(5-7-19)20-12-16(2-3-17(20)13-23)22(27)25-18-8-10-24-11-9-18;1-28-21(26)14-29-19-4-2-3-15(11-19)20-12-16(5-6-17(20)13-23)22(27)25-18-7-9-24-10-8-18/h2*2-12H,13-14,23H2,1H3,(H,24,25,27). The van der Waals surface area contributed by atoms with Gasteiger partial charge >= 0.3 is 11.9 Å². The molecule has 0 saturated heterocycles. The molecule has 0 atom stereocenters. The molecular formula is C44H42N6O8. The Morgan fingerprint density at radius 1 is 0.534 bits per heavy atom. The number of hydrogen-bond donors (Lipinski definition) is 4. The second kappa shape index (κ2) is 21.0. The van der Waals surface area contributed by atoms with E-state index in [2.05, 4.69) is 30.1 Å². The Hall–Kier alpha value is -7.42. The van der Waals surface area contributed by atoms with Crippen molar-refractivity contribution in [3.63, 3.8) is 0 Å². The lowest BCUT2D eigenvalue weighted by atomic mass is 9.96. The molecule has 14 nitrogen and oxygen atoms in total. The first kappa shape index (κ1) is 41.7. The number of methoxy groups -OCH3 is 2. The number of pyridine rings is 2. The van der Waals surface area contributed by atoms with Gasteiger partial charge in [-0.2, -0.15) is 0 Å². The average molecular weight is 783 g/mol. The summed E-state index contributed by atoms with van der Waals surface area (Å²) < 4.78 is 20.0. The highest BCUT2D eigenvalue weighted by atomic mass is 16.6. The first-order chi connectivity index (χ1) is 28.2. The number of anilines is 2. The predicted octanol–water partition coefficient (Wildman–Crippen LogP) is 6.02. The molecule has 58 heavy (non-hydrogen) atoms. The van der Waals surface area contributed by atoms with Gasteiger partial charge in [-0.3, -0.25) is 19.6 Å². The van der Waals surface area contributed by atoms with Crippen molar-refractivity contribution in [3.8, 4) is 33.8 Å². The van der Waals surface area contributed by atoms with Crippen LogP contribution in [0, 0.1) is 0 Å². The topological polar surface area (TPSA) is 207 Å². The zero-order valence-electron chi connectivity index (χ0n) is 31.8. The zero-order chi connectivity index (χ0) is 41.3. The van der Waals surface area contributed by atoms with E-state index in [-0.39, 0.29) is 25.0 Å². The minimum Gasteiger partial charge on any atom is -0.482 e.